The third-order valence-corrected chi connectivity index (χ3v) is 6.42. The molecular formula is C25H29Cl2FN4O2S. The van der Waals surface area contributed by atoms with Crippen LogP contribution in [0.25, 0.3) is 11.3 Å². The van der Waals surface area contributed by atoms with E-state index in [-0.39, 0.29) is 5.91 Å². The minimum Gasteiger partial charge on any atom is -0.333 e. The van der Waals surface area contributed by atoms with Crippen molar-refractivity contribution in [3.63, 3.8) is 0 Å². The van der Waals surface area contributed by atoms with Crippen molar-refractivity contribution >= 4 is 51.5 Å². The van der Waals surface area contributed by atoms with Crippen LogP contribution in [0.3, 0.4) is 0 Å². The summed E-state index contributed by atoms with van der Waals surface area (Å²) in [6, 6.07) is 14.5. The molecule has 2 aromatic carbocycles. The van der Waals surface area contributed by atoms with Crippen LogP contribution in [0.2, 0.25) is 5.02 Å². The lowest BCUT2D eigenvalue weighted by Gasteiger charge is -2.16. The number of nitrogens with two attached hydrogens (primary N) is 1. The van der Waals surface area contributed by atoms with Crippen molar-refractivity contribution in [3.05, 3.63) is 90.4 Å². The van der Waals surface area contributed by atoms with E-state index in [1.54, 1.807) is 42.5 Å². The average molecular weight is 540 g/mol. The van der Waals surface area contributed by atoms with Gasteiger partial charge >= 0.3 is 0 Å². The van der Waals surface area contributed by atoms with Crippen molar-refractivity contribution in [2.24, 2.45) is 5.73 Å². The molecule has 1 fully saturated rings. The summed E-state index contributed by atoms with van der Waals surface area (Å²) >= 11 is 10.9. The van der Waals surface area contributed by atoms with Gasteiger partial charge in [-0.1, -0.05) is 11.6 Å². The lowest BCUT2D eigenvalue weighted by molar-refractivity contribution is 0.102. The number of carbonyl (C=O) groups is 1. The monoisotopic (exact) mass is 538 g/mol. The van der Waals surface area contributed by atoms with Gasteiger partial charge in [-0.2, -0.15) is 0 Å². The molecule has 10 heteroatoms. The predicted octanol–water partition coefficient (Wildman–Crippen LogP) is 5.90. The summed E-state index contributed by atoms with van der Waals surface area (Å²) in [7, 11) is 0.502. The zero-order chi connectivity index (χ0) is 26.4. The first-order valence-corrected chi connectivity index (χ1v) is 12.9. The van der Waals surface area contributed by atoms with E-state index in [1.807, 2.05) is 4.31 Å². The Labute approximate surface area is 218 Å². The third-order valence-electron chi connectivity index (χ3n) is 4.57. The summed E-state index contributed by atoms with van der Waals surface area (Å²) in [6.07, 6.45) is 3.73. The Kier molecular flexibility index (Phi) is 13.8. The van der Waals surface area contributed by atoms with Crippen LogP contribution in [-0.4, -0.2) is 40.8 Å². The molecule has 0 bridgehead atoms. The van der Waals surface area contributed by atoms with Crippen molar-refractivity contribution in [3.8, 4) is 11.3 Å². The molecule has 35 heavy (non-hydrogen) atoms. The molecule has 4 rings (SSSR count). The maximum atomic E-state index is 13.5. The van der Waals surface area contributed by atoms with Crippen LogP contribution in [0.5, 0.6) is 0 Å². The predicted molar refractivity (Wildman–Crippen MR) is 147 cm³/mol. The van der Waals surface area contributed by atoms with Crippen LogP contribution < -0.4 is 15.4 Å². The number of halogens is 3. The molecule has 1 unspecified atom stereocenters. The lowest BCUT2D eigenvalue weighted by Crippen LogP contribution is -2.19. The highest BCUT2D eigenvalue weighted by atomic mass is 35.5. The van der Waals surface area contributed by atoms with Crippen LogP contribution in [-0.2, 0) is 11.0 Å². The molecule has 1 aliphatic rings. The molecule has 0 spiro atoms. The molecular weight excluding hydrogens is 510 g/mol. The van der Waals surface area contributed by atoms with Gasteiger partial charge < -0.3 is 11.1 Å². The Bertz CT molecular complexity index is 1120. The number of carbonyl (C=O) groups excluding carboxylic acids is 1. The summed E-state index contributed by atoms with van der Waals surface area (Å²) in [6.45, 7) is 6.75. The Balaban J connectivity index is 0.000000949. The van der Waals surface area contributed by atoms with Crippen molar-refractivity contribution in [2.45, 2.75) is 6.42 Å². The fourth-order valence-corrected chi connectivity index (χ4v) is 4.62. The van der Waals surface area contributed by atoms with Gasteiger partial charge in [0.1, 0.15) is 16.8 Å². The molecule has 0 aliphatic carbocycles. The maximum absolute atomic E-state index is 13.5. The van der Waals surface area contributed by atoms with Crippen molar-refractivity contribution < 1.29 is 13.4 Å². The smallest absolute Gasteiger partial charge is 0.255 e. The quantitative estimate of drug-likeness (QED) is 0.319. The first kappa shape index (κ1) is 30.3. The van der Waals surface area contributed by atoms with Gasteiger partial charge in [-0.15, -0.1) is 24.8 Å². The first-order valence-electron chi connectivity index (χ1n) is 10.5. The standard InChI is InChI=1S/C21H17ClFN3O2S.C2H4.CH3Cl.CH5N/c22-19-7-4-16(13-18(19)20-12-15(23)8-9-24-20)25-21(27)14-2-5-17(6-3-14)26-10-1-11-29(26)28;3*1-2/h2-9,12-13H,1,10-11H2,(H,25,27);1-2H2;1H3;2H2,1H3. The van der Waals surface area contributed by atoms with Gasteiger partial charge in [0.25, 0.3) is 5.91 Å². The molecule has 6 nitrogen and oxygen atoms in total. The van der Waals surface area contributed by atoms with E-state index in [1.165, 1.54) is 31.8 Å². The second-order valence-electron chi connectivity index (χ2n) is 6.54. The molecule has 3 N–H and O–H groups in total. The van der Waals surface area contributed by atoms with E-state index in [0.717, 1.165) is 18.7 Å². The molecule has 1 atom stereocenters. The molecule has 0 saturated carbocycles. The van der Waals surface area contributed by atoms with E-state index in [0.29, 0.717) is 33.3 Å². The van der Waals surface area contributed by atoms with Gasteiger partial charge in [0.05, 0.1) is 10.7 Å². The number of aromatic nitrogens is 1. The molecule has 0 radical (unpaired) electrons. The highest BCUT2D eigenvalue weighted by molar-refractivity contribution is 7.86. The Morgan fingerprint density at radius 2 is 1.77 bits per heavy atom. The largest absolute Gasteiger partial charge is 0.333 e. The normalized spacial score (nSPS) is 13.8. The summed E-state index contributed by atoms with van der Waals surface area (Å²) in [5, 5.41) is 3.22. The first-order chi connectivity index (χ1) is 17.0. The minimum absolute atomic E-state index is 0.292. The molecule has 3 aromatic rings. The third kappa shape index (κ3) is 8.43. The van der Waals surface area contributed by atoms with Crippen LogP contribution in [0, 0.1) is 5.82 Å². The average Bonchev–Trinajstić information content (AvgIpc) is 3.34. The zero-order valence-corrected chi connectivity index (χ0v) is 22.0. The number of benzene rings is 2. The van der Waals surface area contributed by atoms with Crippen molar-refractivity contribution in [2.75, 3.05) is 35.4 Å². The van der Waals surface area contributed by atoms with Crippen LogP contribution >= 0.6 is 23.2 Å². The number of hydrogen-bond donors (Lipinski definition) is 2. The topological polar surface area (TPSA) is 88.3 Å². The fraction of sp³-hybridized carbons (Fsp3) is 0.200. The van der Waals surface area contributed by atoms with Crippen molar-refractivity contribution in [1.29, 1.82) is 0 Å². The van der Waals surface area contributed by atoms with E-state index in [9.17, 15) is 13.4 Å². The molecule has 1 saturated heterocycles. The van der Waals surface area contributed by atoms with Crippen molar-refractivity contribution in [1.82, 2.24) is 4.98 Å². The van der Waals surface area contributed by atoms with Crippen LogP contribution in [0.4, 0.5) is 15.8 Å². The molecule has 1 amide bonds. The second kappa shape index (κ2) is 16.0. The highest BCUT2D eigenvalue weighted by Crippen LogP contribution is 2.30. The Hall–Kier alpha value is -2.78. The summed E-state index contributed by atoms with van der Waals surface area (Å²) < 4.78 is 27.3. The number of pyridine rings is 1. The van der Waals surface area contributed by atoms with Gasteiger partial charge in [-0.25, -0.2) is 8.60 Å². The summed E-state index contributed by atoms with van der Waals surface area (Å²) in [5.41, 5.74) is 7.23. The maximum Gasteiger partial charge on any atom is 0.255 e. The lowest BCUT2D eigenvalue weighted by atomic mass is 10.1. The minimum atomic E-state index is -0.998. The van der Waals surface area contributed by atoms with Crippen LogP contribution in [0.1, 0.15) is 16.8 Å². The summed E-state index contributed by atoms with van der Waals surface area (Å²) in [5.74, 6) is -0.0412. The van der Waals surface area contributed by atoms with Gasteiger partial charge in [-0.3, -0.25) is 14.1 Å². The van der Waals surface area contributed by atoms with Crippen LogP contribution in [0.15, 0.2) is 74.0 Å². The number of hydrogen-bond acceptors (Lipinski definition) is 4. The zero-order valence-electron chi connectivity index (χ0n) is 19.6. The van der Waals surface area contributed by atoms with E-state index >= 15 is 0 Å². The number of anilines is 2. The number of alkyl halides is 1. The summed E-state index contributed by atoms with van der Waals surface area (Å²) in [4.78, 5) is 16.7. The van der Waals surface area contributed by atoms with E-state index < -0.39 is 16.8 Å². The second-order valence-corrected chi connectivity index (χ2v) is 8.44. The fourth-order valence-electron chi connectivity index (χ4n) is 3.12. The highest BCUT2D eigenvalue weighted by Gasteiger charge is 2.20. The molecule has 1 aliphatic heterocycles. The van der Waals surface area contributed by atoms with E-state index in [4.69, 9.17) is 11.6 Å². The molecule has 1 aromatic heterocycles. The Morgan fingerprint density at radius 3 is 2.34 bits per heavy atom. The molecule has 188 valence electrons. The Morgan fingerprint density at radius 1 is 1.11 bits per heavy atom. The van der Waals surface area contributed by atoms with E-state index in [2.05, 4.69) is 40.8 Å². The number of rotatable bonds is 4. The number of amides is 1. The van der Waals surface area contributed by atoms with Gasteiger partial charge in [0, 0.05) is 53.4 Å². The van der Waals surface area contributed by atoms with Gasteiger partial charge in [0.2, 0.25) is 0 Å². The van der Waals surface area contributed by atoms with Gasteiger partial charge in [0.15, 0.2) is 0 Å². The number of nitrogens with one attached hydrogen (secondary N) is 1. The SMILES string of the molecule is C=C.CCl.CN.O=C(Nc1ccc(Cl)c(-c2cc(F)ccn2)c1)c1ccc(N2CCCS2=O)cc1. The van der Waals surface area contributed by atoms with Gasteiger partial charge in [-0.05, 0) is 62.0 Å². The number of nitrogens with zero attached hydrogens (tertiary/aromatic N) is 2. The molecule has 2 heterocycles.